The van der Waals surface area contributed by atoms with Gasteiger partial charge in [0.05, 0.1) is 13.7 Å². The molecule has 2 aliphatic rings. The van der Waals surface area contributed by atoms with E-state index in [0.717, 1.165) is 12.8 Å². The molecular weight excluding hydrogens is 548 g/mol. The summed E-state index contributed by atoms with van der Waals surface area (Å²) in [6.07, 6.45) is 1.30. The van der Waals surface area contributed by atoms with Gasteiger partial charge < -0.3 is 33.7 Å². The van der Waals surface area contributed by atoms with Crippen LogP contribution in [0.4, 0.5) is 4.79 Å². The Hall–Kier alpha value is -4.29. The van der Waals surface area contributed by atoms with Crippen LogP contribution in [0.25, 0.3) is 17.2 Å². The largest absolute Gasteiger partial charge is 0.511 e. The first kappa shape index (κ1) is 30.7. The normalized spacial score (nSPS) is 18.0. The van der Waals surface area contributed by atoms with E-state index in [2.05, 4.69) is 16.9 Å². The second-order valence-electron chi connectivity index (χ2n) is 10.4. The molecule has 2 unspecified atom stereocenters. The molecule has 1 aliphatic heterocycles. The minimum Gasteiger partial charge on any atom is -0.496 e. The van der Waals surface area contributed by atoms with Crippen molar-refractivity contribution < 1.29 is 47.6 Å². The Morgan fingerprint density at radius 1 is 1.17 bits per heavy atom. The number of aromatic nitrogens is 1. The number of carbonyl (C=O) groups excluding carboxylic acids is 4. The average Bonchev–Trinajstić information content (AvgIpc) is 3.74. The zero-order valence-electron chi connectivity index (χ0n) is 24.0. The highest BCUT2D eigenvalue weighted by Crippen LogP contribution is 2.33. The number of ether oxygens (including phenoxy) is 6. The highest BCUT2D eigenvalue weighted by molar-refractivity contribution is 6.01. The number of methoxy groups -OCH3 is 1. The Bertz CT molecular complexity index is 1370. The maximum atomic E-state index is 13.4. The fourth-order valence-corrected chi connectivity index (χ4v) is 4.30. The van der Waals surface area contributed by atoms with Crippen molar-refractivity contribution in [2.45, 2.75) is 51.8 Å². The third kappa shape index (κ3) is 7.71. The molecule has 12 nitrogen and oxygen atoms in total. The van der Waals surface area contributed by atoms with Crippen LogP contribution in [-0.2, 0) is 23.7 Å². The molecule has 1 aromatic carbocycles. The van der Waals surface area contributed by atoms with Crippen LogP contribution < -0.4 is 10.1 Å². The number of pyridine rings is 1. The molecule has 1 aliphatic carbocycles. The van der Waals surface area contributed by atoms with Gasteiger partial charge in [0.1, 0.15) is 24.2 Å². The van der Waals surface area contributed by atoms with E-state index in [4.69, 9.17) is 28.4 Å². The van der Waals surface area contributed by atoms with Crippen molar-refractivity contribution in [3.63, 3.8) is 0 Å². The summed E-state index contributed by atoms with van der Waals surface area (Å²) in [4.78, 5) is 54.7. The fourth-order valence-electron chi connectivity index (χ4n) is 4.30. The topological polar surface area (TPSA) is 149 Å². The van der Waals surface area contributed by atoms with E-state index >= 15 is 0 Å². The molecule has 2 heterocycles. The highest BCUT2D eigenvalue weighted by Gasteiger charge is 2.34. The molecule has 0 spiro atoms. The van der Waals surface area contributed by atoms with Gasteiger partial charge in [-0.25, -0.2) is 14.6 Å². The Labute approximate surface area is 243 Å². The molecular formula is C30H34N2O10. The van der Waals surface area contributed by atoms with Crippen LogP contribution >= 0.6 is 0 Å². The van der Waals surface area contributed by atoms with Crippen LogP contribution in [0.2, 0.25) is 0 Å². The molecule has 12 heteroatoms. The van der Waals surface area contributed by atoms with Crippen LogP contribution in [0.15, 0.2) is 30.8 Å². The molecule has 1 N–H and O–H groups in total. The molecule has 1 amide bonds. The molecule has 0 radical (unpaired) electrons. The minimum absolute atomic E-state index is 0.0247. The monoisotopic (exact) mass is 582 g/mol. The Morgan fingerprint density at radius 2 is 1.93 bits per heavy atom. The van der Waals surface area contributed by atoms with Crippen molar-refractivity contribution in [1.29, 1.82) is 0 Å². The molecule has 2 fully saturated rings. The number of amides is 1. The summed E-state index contributed by atoms with van der Waals surface area (Å²) in [6.45, 7) is 9.15. The number of nitrogens with zero attached hydrogens (tertiary/aromatic N) is 1. The maximum absolute atomic E-state index is 13.4. The zero-order valence-corrected chi connectivity index (χ0v) is 24.0. The number of esters is 1. The number of hydrogen-bond acceptors (Lipinski definition) is 11. The molecule has 224 valence electrons. The molecule has 42 heavy (non-hydrogen) atoms. The molecule has 1 aromatic heterocycles. The lowest BCUT2D eigenvalue weighted by Gasteiger charge is -2.18. The number of nitrogens with one attached hydrogen (secondary N) is 1. The predicted molar refractivity (Wildman–Crippen MR) is 149 cm³/mol. The SMILES string of the molecule is C=Cc1cc(C=O)c(-c2ccc(C(=O)NCC3CC3)nc2C(=O)OC(C)OC(=O)OCC2COC(C)(C)O2)cc1OC. The van der Waals surface area contributed by atoms with Gasteiger partial charge in [-0.3, -0.25) is 9.59 Å². The average molecular weight is 583 g/mol. The third-order valence-electron chi connectivity index (χ3n) is 6.60. The first-order valence-electron chi connectivity index (χ1n) is 13.5. The van der Waals surface area contributed by atoms with Gasteiger partial charge in [-0.15, -0.1) is 0 Å². The van der Waals surface area contributed by atoms with Gasteiger partial charge in [-0.1, -0.05) is 12.7 Å². The van der Waals surface area contributed by atoms with E-state index in [1.165, 1.54) is 32.2 Å². The number of carbonyl (C=O) groups is 4. The van der Waals surface area contributed by atoms with Crippen molar-refractivity contribution >= 4 is 30.4 Å². The zero-order chi connectivity index (χ0) is 30.4. The number of benzene rings is 1. The minimum atomic E-state index is -1.38. The summed E-state index contributed by atoms with van der Waals surface area (Å²) in [5.74, 6) is -1.42. The van der Waals surface area contributed by atoms with Crippen LogP contribution in [0.3, 0.4) is 0 Å². The van der Waals surface area contributed by atoms with Gasteiger partial charge >= 0.3 is 12.1 Å². The fraction of sp³-hybridized carbons (Fsp3) is 0.433. The van der Waals surface area contributed by atoms with Crippen LogP contribution in [0.1, 0.15) is 70.5 Å². The van der Waals surface area contributed by atoms with Crippen molar-refractivity contribution in [2.75, 3.05) is 26.9 Å². The molecule has 0 bridgehead atoms. The molecule has 2 atom stereocenters. The van der Waals surface area contributed by atoms with Gasteiger partial charge in [-0.05, 0) is 62.4 Å². The van der Waals surface area contributed by atoms with E-state index in [9.17, 15) is 19.2 Å². The number of hydrogen-bond donors (Lipinski definition) is 1. The van der Waals surface area contributed by atoms with E-state index in [0.29, 0.717) is 35.6 Å². The van der Waals surface area contributed by atoms with E-state index < -0.39 is 36.2 Å². The standard InChI is InChI=1S/C30H34N2O10/c1-6-19-11-20(14-33)23(12-25(19)37-5)22-9-10-24(27(34)31-13-18-7-8-18)32-26(22)28(35)40-17(2)41-29(36)38-15-21-16-39-30(3,4)42-21/h6,9-12,14,17-18,21H,1,7-8,13,15-16H2,2-5H3,(H,31,34). The summed E-state index contributed by atoms with van der Waals surface area (Å²) in [6, 6.07) is 6.07. The van der Waals surface area contributed by atoms with Gasteiger partial charge in [-0.2, -0.15) is 0 Å². The van der Waals surface area contributed by atoms with Gasteiger partial charge in [0, 0.05) is 30.2 Å². The quantitative estimate of drug-likeness (QED) is 0.218. The predicted octanol–water partition coefficient (Wildman–Crippen LogP) is 4.16. The lowest BCUT2D eigenvalue weighted by atomic mass is 9.95. The third-order valence-corrected chi connectivity index (χ3v) is 6.60. The van der Waals surface area contributed by atoms with Crippen molar-refractivity contribution in [3.8, 4) is 16.9 Å². The first-order valence-corrected chi connectivity index (χ1v) is 13.5. The molecule has 1 saturated carbocycles. The van der Waals surface area contributed by atoms with Crippen LogP contribution in [0, 0.1) is 5.92 Å². The van der Waals surface area contributed by atoms with Gasteiger partial charge in [0.2, 0.25) is 6.29 Å². The van der Waals surface area contributed by atoms with Crippen LogP contribution in [-0.4, -0.2) is 74.4 Å². The smallest absolute Gasteiger partial charge is 0.496 e. The molecule has 4 rings (SSSR count). The van der Waals surface area contributed by atoms with Crippen molar-refractivity contribution in [1.82, 2.24) is 10.3 Å². The number of aldehydes is 1. The summed E-state index contributed by atoms with van der Waals surface area (Å²) in [5, 5.41) is 2.81. The number of rotatable bonds is 12. The first-order chi connectivity index (χ1) is 20.0. The van der Waals surface area contributed by atoms with Crippen LogP contribution in [0.5, 0.6) is 5.75 Å². The Balaban J connectivity index is 1.55. The Morgan fingerprint density at radius 3 is 2.55 bits per heavy atom. The van der Waals surface area contributed by atoms with Crippen molar-refractivity contribution in [3.05, 3.63) is 53.4 Å². The van der Waals surface area contributed by atoms with E-state index in [-0.39, 0.29) is 35.7 Å². The lowest BCUT2D eigenvalue weighted by molar-refractivity contribution is -0.145. The summed E-state index contributed by atoms with van der Waals surface area (Å²) >= 11 is 0. The maximum Gasteiger partial charge on any atom is 0.511 e. The van der Waals surface area contributed by atoms with Gasteiger partial charge in [0.25, 0.3) is 5.91 Å². The second kappa shape index (κ2) is 13.1. The second-order valence-corrected chi connectivity index (χ2v) is 10.4. The summed E-state index contributed by atoms with van der Waals surface area (Å²) in [5.41, 5.74) is 1.00. The Kier molecular flexibility index (Phi) is 9.59. The molecule has 1 saturated heterocycles. The molecule has 2 aromatic rings. The summed E-state index contributed by atoms with van der Waals surface area (Å²) < 4.78 is 31.9. The van der Waals surface area contributed by atoms with E-state index in [1.807, 2.05) is 0 Å². The highest BCUT2D eigenvalue weighted by atomic mass is 16.8. The van der Waals surface area contributed by atoms with Crippen molar-refractivity contribution in [2.24, 2.45) is 5.92 Å². The van der Waals surface area contributed by atoms with E-state index in [1.54, 1.807) is 26.0 Å². The van der Waals surface area contributed by atoms with Gasteiger partial charge in [0.15, 0.2) is 17.8 Å². The summed E-state index contributed by atoms with van der Waals surface area (Å²) in [7, 11) is 1.46. The lowest BCUT2D eigenvalue weighted by Crippen LogP contribution is -2.28.